The zero-order valence-electron chi connectivity index (χ0n) is 18.7. The molecule has 0 saturated heterocycles. The minimum absolute atomic E-state index is 0.0105. The molecule has 0 aliphatic carbocycles. The first-order valence-corrected chi connectivity index (χ1v) is 12.4. The number of hydrogen-bond donors (Lipinski definition) is 2. The lowest BCUT2D eigenvalue weighted by Crippen LogP contribution is -2.42. The molecule has 11 heteroatoms. The van der Waals surface area contributed by atoms with E-state index in [0.29, 0.717) is 22.2 Å². The predicted octanol–water partition coefficient (Wildman–Crippen LogP) is 4.03. The van der Waals surface area contributed by atoms with Gasteiger partial charge < -0.3 is 10.4 Å². The lowest BCUT2D eigenvalue weighted by Gasteiger charge is -2.16. The van der Waals surface area contributed by atoms with E-state index in [1.165, 1.54) is 16.7 Å². The molecule has 0 bridgehead atoms. The van der Waals surface area contributed by atoms with Crippen LogP contribution in [0.1, 0.15) is 15.9 Å². The third-order valence-electron chi connectivity index (χ3n) is 5.66. The number of aromatic nitrogens is 2. The van der Waals surface area contributed by atoms with Gasteiger partial charge in [0, 0.05) is 17.0 Å². The monoisotopic (exact) mass is 637 g/mol. The molecule has 0 fully saturated rings. The number of amides is 1. The summed E-state index contributed by atoms with van der Waals surface area (Å²) < 4.78 is 3.33. The SMILES string of the molecule is Cn1c(=O)n(-c2ccc(C[C@H](NC(=O)c3c(Cl)cccc3Cl)C(=O)O)cc2)c(=O)c2cc(I)ccc21. The Morgan fingerprint density at radius 3 is 2.28 bits per heavy atom. The standard InChI is InChI=1S/C25H18Cl2IN3O5/c1-30-20-10-7-14(28)12-16(20)23(33)31(25(30)36)15-8-5-13(6-9-15)11-19(24(34)35)29-22(32)21-17(26)3-2-4-18(21)27/h2-10,12,19H,11H2,1H3,(H,29,32)(H,34,35)/t19-/m0/s1. The van der Waals surface area contributed by atoms with Gasteiger partial charge in [0.1, 0.15) is 6.04 Å². The second-order valence-electron chi connectivity index (χ2n) is 7.98. The van der Waals surface area contributed by atoms with Gasteiger partial charge in [-0.05, 0) is 70.6 Å². The number of aryl methyl sites for hydroxylation is 1. The maximum Gasteiger partial charge on any atom is 0.335 e. The zero-order valence-corrected chi connectivity index (χ0v) is 22.3. The molecule has 1 atom stereocenters. The summed E-state index contributed by atoms with van der Waals surface area (Å²) >= 11 is 14.2. The predicted molar refractivity (Wildman–Crippen MR) is 147 cm³/mol. The molecule has 0 aliphatic heterocycles. The van der Waals surface area contributed by atoms with Crippen molar-refractivity contribution in [1.29, 1.82) is 0 Å². The highest BCUT2D eigenvalue weighted by atomic mass is 127. The van der Waals surface area contributed by atoms with E-state index >= 15 is 0 Å². The summed E-state index contributed by atoms with van der Waals surface area (Å²) in [7, 11) is 1.59. The lowest BCUT2D eigenvalue weighted by molar-refractivity contribution is -0.139. The molecule has 0 radical (unpaired) electrons. The van der Waals surface area contributed by atoms with E-state index in [2.05, 4.69) is 27.9 Å². The molecule has 3 aromatic carbocycles. The Labute approximate surface area is 228 Å². The molecular formula is C25H18Cl2IN3O5. The van der Waals surface area contributed by atoms with Gasteiger partial charge in [-0.3, -0.25) is 14.2 Å². The van der Waals surface area contributed by atoms with Crippen LogP contribution in [0.4, 0.5) is 0 Å². The summed E-state index contributed by atoms with van der Waals surface area (Å²) in [6.45, 7) is 0. The summed E-state index contributed by atoms with van der Waals surface area (Å²) in [5, 5.41) is 12.7. The first kappa shape index (κ1) is 25.9. The lowest BCUT2D eigenvalue weighted by atomic mass is 10.0. The van der Waals surface area contributed by atoms with Crippen LogP contribution < -0.4 is 16.6 Å². The number of nitrogens with one attached hydrogen (secondary N) is 1. The quantitative estimate of drug-likeness (QED) is 0.310. The fraction of sp³-hybridized carbons (Fsp3) is 0.120. The third-order valence-corrected chi connectivity index (χ3v) is 6.96. The average molecular weight is 638 g/mol. The smallest absolute Gasteiger partial charge is 0.335 e. The molecule has 0 spiro atoms. The van der Waals surface area contributed by atoms with Crippen LogP contribution in [0.15, 0.2) is 70.3 Å². The third kappa shape index (κ3) is 5.04. The van der Waals surface area contributed by atoms with Crippen molar-refractivity contribution in [3.63, 3.8) is 0 Å². The van der Waals surface area contributed by atoms with Gasteiger partial charge in [0.2, 0.25) is 0 Å². The van der Waals surface area contributed by atoms with Gasteiger partial charge in [0.15, 0.2) is 0 Å². The molecule has 0 unspecified atom stereocenters. The molecule has 0 aliphatic rings. The van der Waals surface area contributed by atoms with E-state index in [9.17, 15) is 24.3 Å². The van der Waals surface area contributed by atoms with E-state index < -0.39 is 29.2 Å². The Bertz CT molecular complexity index is 1610. The van der Waals surface area contributed by atoms with Crippen LogP contribution in [0.25, 0.3) is 16.6 Å². The molecule has 8 nitrogen and oxygen atoms in total. The molecule has 2 N–H and O–H groups in total. The number of fused-ring (bicyclic) bond motifs is 1. The topological polar surface area (TPSA) is 110 Å². The molecular weight excluding hydrogens is 620 g/mol. The van der Waals surface area contributed by atoms with E-state index in [0.717, 1.165) is 8.14 Å². The van der Waals surface area contributed by atoms with Gasteiger partial charge in [0.05, 0.1) is 32.2 Å². The maximum atomic E-state index is 13.1. The van der Waals surface area contributed by atoms with Gasteiger partial charge in [-0.2, -0.15) is 0 Å². The number of carbonyl (C=O) groups is 2. The Kier molecular flexibility index (Phi) is 7.53. The number of carbonyl (C=O) groups excluding carboxylic acids is 1. The van der Waals surface area contributed by atoms with Crippen LogP contribution in [-0.2, 0) is 18.3 Å². The number of rotatable bonds is 6. The summed E-state index contributed by atoms with van der Waals surface area (Å²) in [6, 6.07) is 14.9. The maximum absolute atomic E-state index is 13.1. The van der Waals surface area contributed by atoms with Crippen molar-refractivity contribution in [2.45, 2.75) is 12.5 Å². The zero-order chi connectivity index (χ0) is 26.1. The molecule has 1 heterocycles. The molecule has 4 rings (SSSR count). The van der Waals surface area contributed by atoms with Crippen molar-refractivity contribution < 1.29 is 14.7 Å². The van der Waals surface area contributed by atoms with Crippen molar-refractivity contribution in [2.75, 3.05) is 0 Å². The Balaban J connectivity index is 1.63. The van der Waals surface area contributed by atoms with Gasteiger partial charge in [0.25, 0.3) is 11.5 Å². The van der Waals surface area contributed by atoms with E-state index in [1.807, 2.05) is 6.07 Å². The first-order valence-electron chi connectivity index (χ1n) is 10.6. The fourth-order valence-corrected chi connectivity index (χ4v) is 4.88. The largest absolute Gasteiger partial charge is 0.480 e. The second kappa shape index (κ2) is 10.5. The summed E-state index contributed by atoms with van der Waals surface area (Å²) in [4.78, 5) is 50.5. The van der Waals surface area contributed by atoms with Crippen LogP contribution in [-0.4, -0.2) is 32.2 Å². The molecule has 1 aromatic heterocycles. The summed E-state index contributed by atoms with van der Waals surface area (Å²) in [6.07, 6.45) is -0.0494. The Morgan fingerprint density at radius 1 is 1.03 bits per heavy atom. The highest BCUT2D eigenvalue weighted by Crippen LogP contribution is 2.24. The van der Waals surface area contributed by atoms with Crippen LogP contribution in [0, 0.1) is 3.57 Å². The van der Waals surface area contributed by atoms with E-state index in [1.54, 1.807) is 49.5 Å². The van der Waals surface area contributed by atoms with Gasteiger partial charge >= 0.3 is 11.7 Å². The normalized spacial score (nSPS) is 11.9. The number of nitrogens with zero attached hydrogens (tertiary/aromatic N) is 2. The Hall–Kier alpha value is -3.15. The molecule has 4 aromatic rings. The van der Waals surface area contributed by atoms with Crippen molar-refractivity contribution in [3.8, 4) is 5.69 Å². The molecule has 0 saturated carbocycles. The highest BCUT2D eigenvalue weighted by Gasteiger charge is 2.24. The van der Waals surface area contributed by atoms with Crippen LogP contribution in [0.3, 0.4) is 0 Å². The van der Waals surface area contributed by atoms with Crippen molar-refractivity contribution in [2.24, 2.45) is 7.05 Å². The van der Waals surface area contributed by atoms with Crippen molar-refractivity contribution in [3.05, 3.63) is 106 Å². The number of hydrogen-bond acceptors (Lipinski definition) is 4. The summed E-state index contributed by atoms with van der Waals surface area (Å²) in [5.74, 6) is -1.96. The van der Waals surface area contributed by atoms with Crippen LogP contribution in [0.2, 0.25) is 10.0 Å². The van der Waals surface area contributed by atoms with Gasteiger partial charge in [-0.15, -0.1) is 0 Å². The minimum atomic E-state index is -1.27. The number of aliphatic carboxylic acids is 1. The van der Waals surface area contributed by atoms with E-state index in [4.69, 9.17) is 23.2 Å². The highest BCUT2D eigenvalue weighted by molar-refractivity contribution is 14.1. The first-order chi connectivity index (χ1) is 17.1. The fourth-order valence-electron chi connectivity index (χ4n) is 3.82. The van der Waals surface area contributed by atoms with Crippen LogP contribution in [0.5, 0.6) is 0 Å². The minimum Gasteiger partial charge on any atom is -0.480 e. The summed E-state index contributed by atoms with van der Waals surface area (Å²) in [5.41, 5.74) is 0.460. The average Bonchev–Trinajstić information content (AvgIpc) is 2.83. The second-order valence-corrected chi connectivity index (χ2v) is 10.0. The van der Waals surface area contributed by atoms with Crippen molar-refractivity contribution in [1.82, 2.24) is 14.5 Å². The van der Waals surface area contributed by atoms with Gasteiger partial charge in [-0.1, -0.05) is 41.4 Å². The Morgan fingerprint density at radius 2 is 1.67 bits per heavy atom. The van der Waals surface area contributed by atoms with E-state index in [-0.39, 0.29) is 22.0 Å². The number of halogens is 3. The molecule has 1 amide bonds. The van der Waals surface area contributed by atoms with Crippen LogP contribution >= 0.6 is 45.8 Å². The number of carboxylic acids is 1. The number of carboxylic acid groups (broad SMARTS) is 1. The molecule has 184 valence electrons. The number of benzene rings is 3. The van der Waals surface area contributed by atoms with Crippen molar-refractivity contribution >= 4 is 68.6 Å². The molecule has 36 heavy (non-hydrogen) atoms. The van der Waals surface area contributed by atoms with Gasteiger partial charge in [-0.25, -0.2) is 14.2 Å².